The zero-order valence-electron chi connectivity index (χ0n) is 29.8. The number of ether oxygens (including phenoxy) is 1. The third-order valence-corrected chi connectivity index (χ3v) is 9.83. The maximum Gasteiger partial charge on any atom is 0.229 e. The van der Waals surface area contributed by atoms with Crippen LogP contribution in [0.3, 0.4) is 0 Å². The molecule has 266 valence electrons. The number of nitrogens with zero attached hydrogens (tertiary/aromatic N) is 4. The number of anilines is 1. The van der Waals surface area contributed by atoms with Crippen molar-refractivity contribution in [3.05, 3.63) is 76.6 Å². The van der Waals surface area contributed by atoms with E-state index in [4.69, 9.17) is 9.72 Å². The Hall–Kier alpha value is -4.32. The molecule has 0 atom stereocenters. The molecule has 2 fully saturated rings. The van der Waals surface area contributed by atoms with E-state index < -0.39 is 0 Å². The fourth-order valence-electron chi connectivity index (χ4n) is 7.00. The van der Waals surface area contributed by atoms with E-state index in [1.165, 1.54) is 23.1 Å². The standard InChI is InChI=1S/C39H52N8O3/c1-4-35-33(38(44-31-12-18-50-19-13-31)34-25-43-47(5-2)39(34)45-35)24-42-37(49)22-36(48)41-23-28-11-10-27(3)32(21-28)30-9-6-8-29(20-30)26-46-16-7-14-40-15-17-46/h6,8-11,20-21,25,31,40H,4-5,7,12-19,22-24,26H2,1-3H3,(H,41,48)(H,42,49)(H,44,45). The Kier molecular flexibility index (Phi) is 12.1. The van der Waals surface area contributed by atoms with Crippen molar-refractivity contribution in [2.75, 3.05) is 44.7 Å². The van der Waals surface area contributed by atoms with E-state index in [0.717, 1.165) is 104 Å². The van der Waals surface area contributed by atoms with E-state index in [0.29, 0.717) is 13.0 Å². The number of carbonyl (C=O) groups excluding carboxylic acids is 2. The molecule has 0 aliphatic carbocycles. The zero-order valence-corrected chi connectivity index (χ0v) is 29.8. The quantitative estimate of drug-likeness (QED) is 0.150. The van der Waals surface area contributed by atoms with Gasteiger partial charge in [-0.2, -0.15) is 5.10 Å². The summed E-state index contributed by atoms with van der Waals surface area (Å²) in [6.45, 7) is 14.2. The molecule has 2 saturated heterocycles. The Labute approximate surface area is 295 Å². The molecule has 50 heavy (non-hydrogen) atoms. The Bertz CT molecular complexity index is 1770. The molecule has 2 aromatic heterocycles. The molecule has 0 spiro atoms. The molecule has 4 N–H and O–H groups in total. The highest BCUT2D eigenvalue weighted by Crippen LogP contribution is 2.31. The summed E-state index contributed by atoms with van der Waals surface area (Å²) in [4.78, 5) is 33.5. The molecule has 4 aromatic rings. The smallest absolute Gasteiger partial charge is 0.229 e. The average Bonchev–Trinajstić information content (AvgIpc) is 3.37. The number of aryl methyl sites for hydroxylation is 3. The summed E-state index contributed by atoms with van der Waals surface area (Å²) < 4.78 is 7.48. The van der Waals surface area contributed by atoms with E-state index in [9.17, 15) is 9.59 Å². The summed E-state index contributed by atoms with van der Waals surface area (Å²) in [7, 11) is 0. The van der Waals surface area contributed by atoms with E-state index in [1.807, 2.05) is 16.9 Å². The topological polar surface area (TPSA) is 125 Å². The van der Waals surface area contributed by atoms with Gasteiger partial charge in [0.05, 0.1) is 17.3 Å². The number of amides is 2. The summed E-state index contributed by atoms with van der Waals surface area (Å²) >= 11 is 0. The van der Waals surface area contributed by atoms with Gasteiger partial charge < -0.3 is 26.0 Å². The Morgan fingerprint density at radius 1 is 0.980 bits per heavy atom. The van der Waals surface area contributed by atoms with E-state index in [-0.39, 0.29) is 30.8 Å². The van der Waals surface area contributed by atoms with E-state index in [2.05, 4.69) is 88.4 Å². The lowest BCUT2D eigenvalue weighted by atomic mass is 9.96. The fraction of sp³-hybridized carbons (Fsp3) is 0.487. The highest BCUT2D eigenvalue weighted by atomic mass is 16.5. The first kappa shape index (κ1) is 35.5. The van der Waals surface area contributed by atoms with Gasteiger partial charge in [0.25, 0.3) is 0 Å². The molecule has 6 rings (SSSR count). The Morgan fingerprint density at radius 2 is 1.80 bits per heavy atom. The molecule has 11 heteroatoms. The first-order valence-corrected chi connectivity index (χ1v) is 18.3. The van der Waals surface area contributed by atoms with Crippen LogP contribution in [0.2, 0.25) is 0 Å². The number of rotatable bonds is 13. The van der Waals surface area contributed by atoms with E-state index in [1.54, 1.807) is 0 Å². The van der Waals surface area contributed by atoms with Crippen LogP contribution in [0.1, 0.15) is 67.5 Å². The average molecular weight is 681 g/mol. The van der Waals surface area contributed by atoms with Crippen molar-refractivity contribution >= 4 is 28.5 Å². The first-order valence-electron chi connectivity index (χ1n) is 18.3. The maximum atomic E-state index is 13.1. The summed E-state index contributed by atoms with van der Waals surface area (Å²) in [5.41, 5.74) is 9.46. The van der Waals surface area contributed by atoms with Gasteiger partial charge in [-0.15, -0.1) is 0 Å². The van der Waals surface area contributed by atoms with Crippen molar-refractivity contribution in [1.29, 1.82) is 0 Å². The monoisotopic (exact) mass is 680 g/mol. The van der Waals surface area contributed by atoms with E-state index >= 15 is 0 Å². The van der Waals surface area contributed by atoms with Crippen molar-refractivity contribution in [3.63, 3.8) is 0 Å². The van der Waals surface area contributed by atoms with Crippen molar-refractivity contribution in [2.45, 2.75) is 85.1 Å². The van der Waals surface area contributed by atoms with Crippen molar-refractivity contribution in [2.24, 2.45) is 0 Å². The molecule has 0 radical (unpaired) electrons. The normalized spacial score (nSPS) is 15.9. The minimum Gasteiger partial charge on any atom is -0.381 e. The fourth-order valence-corrected chi connectivity index (χ4v) is 7.00. The Morgan fingerprint density at radius 3 is 2.60 bits per heavy atom. The van der Waals surface area contributed by atoms with Gasteiger partial charge in [-0.05, 0) is 92.6 Å². The van der Waals surface area contributed by atoms with Gasteiger partial charge >= 0.3 is 0 Å². The number of pyridine rings is 1. The second kappa shape index (κ2) is 17.1. The van der Waals surface area contributed by atoms with Gasteiger partial charge in [-0.25, -0.2) is 9.67 Å². The third-order valence-electron chi connectivity index (χ3n) is 9.83. The summed E-state index contributed by atoms with van der Waals surface area (Å²) in [5, 5.41) is 18.7. The number of carbonyl (C=O) groups is 2. The van der Waals surface area contributed by atoms with Crippen LogP contribution < -0.4 is 21.3 Å². The number of aromatic nitrogens is 3. The van der Waals surface area contributed by atoms with Crippen LogP contribution in [-0.4, -0.2) is 76.9 Å². The lowest BCUT2D eigenvalue weighted by molar-refractivity contribution is -0.129. The van der Waals surface area contributed by atoms with Gasteiger partial charge in [0.15, 0.2) is 5.65 Å². The molecule has 2 amide bonds. The molecular formula is C39H52N8O3. The molecule has 11 nitrogen and oxygen atoms in total. The lowest BCUT2D eigenvalue weighted by Gasteiger charge is -2.26. The van der Waals surface area contributed by atoms with Crippen LogP contribution in [0.4, 0.5) is 5.69 Å². The molecule has 2 aliphatic heterocycles. The molecule has 0 unspecified atom stereocenters. The lowest BCUT2D eigenvalue weighted by Crippen LogP contribution is -2.32. The van der Waals surface area contributed by atoms with Crippen LogP contribution in [0, 0.1) is 6.92 Å². The highest BCUT2D eigenvalue weighted by molar-refractivity contribution is 5.97. The summed E-state index contributed by atoms with van der Waals surface area (Å²) in [6.07, 6.45) is 5.30. The van der Waals surface area contributed by atoms with Crippen molar-refractivity contribution < 1.29 is 14.3 Å². The molecule has 4 heterocycles. The van der Waals surface area contributed by atoms with Crippen LogP contribution in [0.25, 0.3) is 22.2 Å². The number of hydrogen-bond donors (Lipinski definition) is 4. The SMILES string of the molecule is CCc1nc2c(cnn2CC)c(NC2CCOCC2)c1CNC(=O)CC(=O)NCc1ccc(C)c(-c2cccc(CN3CCCNCC3)c2)c1. The summed E-state index contributed by atoms with van der Waals surface area (Å²) in [6, 6.07) is 15.3. The minimum atomic E-state index is -0.326. The van der Waals surface area contributed by atoms with Crippen LogP contribution in [0.5, 0.6) is 0 Å². The first-order chi connectivity index (χ1) is 24.4. The van der Waals surface area contributed by atoms with Crippen molar-refractivity contribution in [3.8, 4) is 11.1 Å². The molecule has 2 aromatic carbocycles. The van der Waals surface area contributed by atoms with Crippen LogP contribution >= 0.6 is 0 Å². The third kappa shape index (κ3) is 8.88. The van der Waals surface area contributed by atoms with Gasteiger partial charge in [0, 0.05) is 69.8 Å². The molecule has 0 bridgehead atoms. The predicted molar refractivity (Wildman–Crippen MR) is 198 cm³/mol. The predicted octanol–water partition coefficient (Wildman–Crippen LogP) is 4.70. The van der Waals surface area contributed by atoms with Gasteiger partial charge in [-0.1, -0.05) is 37.3 Å². The van der Waals surface area contributed by atoms with Gasteiger partial charge in [0.1, 0.15) is 6.42 Å². The number of hydrogen-bond acceptors (Lipinski definition) is 8. The van der Waals surface area contributed by atoms with Crippen molar-refractivity contribution in [1.82, 2.24) is 35.6 Å². The summed E-state index contributed by atoms with van der Waals surface area (Å²) in [5.74, 6) is -0.639. The second-order valence-electron chi connectivity index (χ2n) is 13.5. The molecular weight excluding hydrogens is 628 g/mol. The molecule has 2 aliphatic rings. The second-order valence-corrected chi connectivity index (χ2v) is 13.5. The molecule has 0 saturated carbocycles. The minimum absolute atomic E-state index is 0.250. The van der Waals surface area contributed by atoms with Gasteiger partial charge in [-0.3, -0.25) is 14.5 Å². The Balaban J connectivity index is 1.07. The largest absolute Gasteiger partial charge is 0.381 e. The number of fused-ring (bicyclic) bond motifs is 1. The van der Waals surface area contributed by atoms with Crippen LogP contribution in [-0.2, 0) is 46.9 Å². The van der Waals surface area contributed by atoms with Gasteiger partial charge in [0.2, 0.25) is 11.8 Å². The number of nitrogens with one attached hydrogen (secondary N) is 4. The number of benzene rings is 2. The van der Waals surface area contributed by atoms with Crippen LogP contribution in [0.15, 0.2) is 48.7 Å². The maximum absolute atomic E-state index is 13.1. The zero-order chi connectivity index (χ0) is 34.9. The highest BCUT2D eigenvalue weighted by Gasteiger charge is 2.22.